The first-order chi connectivity index (χ1) is 9.73. The molecule has 0 aromatic heterocycles. The van der Waals surface area contributed by atoms with Crippen molar-refractivity contribution < 1.29 is 29.1 Å². The standard InChI is InChI=1S/C11H16N4O6/c1-5(14-8(18)6(12)4-7(16)17)10(20)15-3-2-13-9(19)11(15)21/h5-6H,2-4,12H2,1H3,(H,13,19)(H,14,18)(H,16,17)/t5-,6-/m0/s1. The van der Waals surface area contributed by atoms with E-state index in [9.17, 15) is 24.0 Å². The number of imide groups is 1. The number of piperazine rings is 1. The number of hydrogen-bond donors (Lipinski definition) is 4. The van der Waals surface area contributed by atoms with Crippen LogP contribution in [0.25, 0.3) is 0 Å². The van der Waals surface area contributed by atoms with Gasteiger partial charge in [0, 0.05) is 13.1 Å². The number of carbonyl (C=O) groups excluding carboxylic acids is 4. The molecule has 10 nitrogen and oxygen atoms in total. The molecule has 21 heavy (non-hydrogen) atoms. The van der Waals surface area contributed by atoms with Crippen LogP contribution in [0.5, 0.6) is 0 Å². The van der Waals surface area contributed by atoms with Gasteiger partial charge in [-0.15, -0.1) is 0 Å². The van der Waals surface area contributed by atoms with Crippen molar-refractivity contribution in [1.82, 2.24) is 15.5 Å². The van der Waals surface area contributed by atoms with E-state index in [0.29, 0.717) is 0 Å². The van der Waals surface area contributed by atoms with Crippen molar-refractivity contribution in [1.29, 1.82) is 0 Å². The summed E-state index contributed by atoms with van der Waals surface area (Å²) in [6.07, 6.45) is -0.586. The van der Waals surface area contributed by atoms with E-state index in [-0.39, 0.29) is 13.1 Å². The highest BCUT2D eigenvalue weighted by molar-refractivity contribution is 6.38. The summed E-state index contributed by atoms with van der Waals surface area (Å²) in [6, 6.07) is -2.41. The van der Waals surface area contributed by atoms with Crippen LogP contribution < -0.4 is 16.4 Å². The van der Waals surface area contributed by atoms with Crippen LogP contribution in [0.3, 0.4) is 0 Å². The zero-order chi connectivity index (χ0) is 16.2. The molecule has 1 rings (SSSR count). The van der Waals surface area contributed by atoms with Gasteiger partial charge in [-0.25, -0.2) is 0 Å². The molecule has 0 radical (unpaired) electrons. The van der Waals surface area contributed by atoms with Gasteiger partial charge in [0.2, 0.25) is 5.91 Å². The van der Waals surface area contributed by atoms with Gasteiger partial charge in [-0.2, -0.15) is 0 Å². The number of carbonyl (C=O) groups is 5. The maximum atomic E-state index is 12.0. The molecule has 10 heteroatoms. The summed E-state index contributed by atoms with van der Waals surface area (Å²) in [6.45, 7) is 1.45. The molecular weight excluding hydrogens is 284 g/mol. The minimum absolute atomic E-state index is 0.00476. The number of carboxylic acid groups (broad SMARTS) is 1. The number of nitrogens with zero attached hydrogens (tertiary/aromatic N) is 1. The summed E-state index contributed by atoms with van der Waals surface area (Å²) in [4.78, 5) is 57.4. The third kappa shape index (κ3) is 4.24. The number of rotatable bonds is 5. The van der Waals surface area contributed by atoms with Gasteiger partial charge in [-0.1, -0.05) is 0 Å². The highest BCUT2D eigenvalue weighted by Crippen LogP contribution is 2.01. The second kappa shape index (κ2) is 6.79. The van der Waals surface area contributed by atoms with E-state index in [1.54, 1.807) is 0 Å². The Morgan fingerprint density at radius 2 is 2.05 bits per heavy atom. The molecule has 0 aliphatic carbocycles. The van der Waals surface area contributed by atoms with Gasteiger partial charge >= 0.3 is 17.8 Å². The van der Waals surface area contributed by atoms with Gasteiger partial charge in [0.15, 0.2) is 0 Å². The average molecular weight is 300 g/mol. The molecule has 4 amide bonds. The topological polar surface area (TPSA) is 159 Å². The molecule has 0 bridgehead atoms. The summed E-state index contributed by atoms with van der Waals surface area (Å²) in [5.41, 5.74) is 5.35. The summed E-state index contributed by atoms with van der Waals surface area (Å²) >= 11 is 0. The Balaban J connectivity index is 2.62. The molecule has 1 aliphatic heterocycles. The van der Waals surface area contributed by atoms with Crippen molar-refractivity contribution >= 4 is 29.6 Å². The van der Waals surface area contributed by atoms with E-state index in [2.05, 4.69) is 10.6 Å². The Labute approximate surface area is 119 Å². The monoisotopic (exact) mass is 300 g/mol. The van der Waals surface area contributed by atoms with E-state index in [1.807, 2.05) is 0 Å². The zero-order valence-corrected chi connectivity index (χ0v) is 11.3. The van der Waals surface area contributed by atoms with E-state index in [1.165, 1.54) is 6.92 Å². The second-order valence-electron chi connectivity index (χ2n) is 4.49. The third-order valence-corrected chi connectivity index (χ3v) is 2.79. The molecule has 1 fully saturated rings. The minimum atomic E-state index is -1.31. The van der Waals surface area contributed by atoms with Crippen LogP contribution in [-0.2, 0) is 24.0 Å². The van der Waals surface area contributed by atoms with Crippen LogP contribution >= 0.6 is 0 Å². The van der Waals surface area contributed by atoms with E-state index < -0.39 is 48.1 Å². The van der Waals surface area contributed by atoms with Crippen LogP contribution in [0.1, 0.15) is 13.3 Å². The number of amides is 4. The van der Waals surface area contributed by atoms with Crippen LogP contribution in [0.2, 0.25) is 0 Å². The average Bonchev–Trinajstić information content (AvgIpc) is 2.40. The number of nitrogens with one attached hydrogen (secondary N) is 2. The first-order valence-corrected chi connectivity index (χ1v) is 6.15. The molecule has 0 saturated carbocycles. The Bertz CT molecular complexity index is 491. The largest absolute Gasteiger partial charge is 0.481 e. The van der Waals surface area contributed by atoms with Crippen LogP contribution in [-0.4, -0.2) is 64.8 Å². The van der Waals surface area contributed by atoms with E-state index in [4.69, 9.17) is 10.8 Å². The van der Waals surface area contributed by atoms with Gasteiger partial charge < -0.3 is 21.5 Å². The van der Waals surface area contributed by atoms with Crippen LogP contribution in [0.15, 0.2) is 0 Å². The highest BCUT2D eigenvalue weighted by Gasteiger charge is 2.34. The zero-order valence-electron chi connectivity index (χ0n) is 11.3. The predicted octanol–water partition coefficient (Wildman–Crippen LogP) is -3.22. The van der Waals surface area contributed by atoms with Gasteiger partial charge in [-0.3, -0.25) is 28.9 Å². The van der Waals surface area contributed by atoms with Gasteiger partial charge in [0.05, 0.1) is 12.5 Å². The SMILES string of the molecule is C[C@H](NC(=O)[C@@H](N)CC(=O)O)C(=O)N1CCNC(=O)C1=O. The fraction of sp³-hybridized carbons (Fsp3) is 0.545. The van der Waals surface area contributed by atoms with Gasteiger partial charge in [-0.05, 0) is 6.92 Å². The quantitative estimate of drug-likeness (QED) is 0.388. The molecule has 5 N–H and O–H groups in total. The molecule has 1 heterocycles. The molecule has 1 aliphatic rings. The fourth-order valence-corrected chi connectivity index (χ4v) is 1.69. The highest BCUT2D eigenvalue weighted by atomic mass is 16.4. The Hall–Kier alpha value is -2.49. The molecular formula is C11H16N4O6. The number of nitrogens with two attached hydrogens (primary N) is 1. The number of aliphatic carboxylic acids is 1. The molecule has 0 aromatic carbocycles. The van der Waals surface area contributed by atoms with Crippen molar-refractivity contribution in [2.45, 2.75) is 25.4 Å². The lowest BCUT2D eigenvalue weighted by Crippen LogP contribution is -2.59. The molecule has 1 saturated heterocycles. The van der Waals surface area contributed by atoms with Crippen molar-refractivity contribution in [3.63, 3.8) is 0 Å². The summed E-state index contributed by atoms with van der Waals surface area (Å²) in [5, 5.41) is 13.0. The first-order valence-electron chi connectivity index (χ1n) is 6.15. The molecule has 2 atom stereocenters. The Morgan fingerprint density at radius 3 is 2.62 bits per heavy atom. The molecule has 0 spiro atoms. The van der Waals surface area contributed by atoms with Gasteiger partial charge in [0.25, 0.3) is 5.91 Å². The first kappa shape index (κ1) is 16.6. The third-order valence-electron chi connectivity index (χ3n) is 2.79. The minimum Gasteiger partial charge on any atom is -0.481 e. The maximum absolute atomic E-state index is 12.0. The van der Waals surface area contributed by atoms with Crippen LogP contribution in [0, 0.1) is 0 Å². The van der Waals surface area contributed by atoms with Crippen molar-refractivity contribution in [2.24, 2.45) is 5.73 Å². The van der Waals surface area contributed by atoms with Gasteiger partial charge in [0.1, 0.15) is 6.04 Å². The summed E-state index contributed by atoms with van der Waals surface area (Å²) in [5.74, 6) is -4.73. The summed E-state index contributed by atoms with van der Waals surface area (Å²) < 4.78 is 0. The smallest absolute Gasteiger partial charge is 0.318 e. The van der Waals surface area contributed by atoms with Crippen molar-refractivity contribution in [3.8, 4) is 0 Å². The number of carboxylic acids is 1. The Kier molecular flexibility index (Phi) is 5.36. The lowest BCUT2D eigenvalue weighted by Gasteiger charge is -2.27. The van der Waals surface area contributed by atoms with Crippen molar-refractivity contribution in [2.75, 3.05) is 13.1 Å². The fourth-order valence-electron chi connectivity index (χ4n) is 1.69. The van der Waals surface area contributed by atoms with E-state index in [0.717, 1.165) is 4.90 Å². The lowest BCUT2D eigenvalue weighted by molar-refractivity contribution is -0.155. The number of hydrogen-bond acceptors (Lipinski definition) is 6. The second-order valence-corrected chi connectivity index (χ2v) is 4.49. The summed E-state index contributed by atoms with van der Waals surface area (Å²) in [7, 11) is 0. The Morgan fingerprint density at radius 1 is 1.43 bits per heavy atom. The molecule has 0 aromatic rings. The maximum Gasteiger partial charge on any atom is 0.318 e. The van der Waals surface area contributed by atoms with E-state index >= 15 is 0 Å². The van der Waals surface area contributed by atoms with Crippen molar-refractivity contribution in [3.05, 3.63) is 0 Å². The lowest BCUT2D eigenvalue weighted by atomic mass is 10.2. The molecule has 0 unspecified atom stereocenters. The normalized spacial score (nSPS) is 17.7. The molecule has 116 valence electrons. The predicted molar refractivity (Wildman–Crippen MR) is 67.6 cm³/mol. The van der Waals surface area contributed by atoms with Crippen LogP contribution in [0.4, 0.5) is 0 Å².